The summed E-state index contributed by atoms with van der Waals surface area (Å²) in [5.41, 5.74) is 1.29. The third kappa shape index (κ3) is 3.82. The van der Waals surface area contributed by atoms with Crippen molar-refractivity contribution >= 4 is 23.6 Å². The van der Waals surface area contributed by atoms with Crippen LogP contribution in [0.4, 0.5) is 5.69 Å². The molecule has 1 aliphatic heterocycles. The van der Waals surface area contributed by atoms with E-state index < -0.39 is 23.7 Å². The van der Waals surface area contributed by atoms with Gasteiger partial charge in [-0.15, -0.1) is 0 Å². The summed E-state index contributed by atoms with van der Waals surface area (Å²) in [5.74, 6) is -4.06. The zero-order valence-electron chi connectivity index (χ0n) is 14.7. The smallest absolute Gasteiger partial charge is 0.350 e. The van der Waals surface area contributed by atoms with Crippen LogP contribution in [0.15, 0.2) is 60.3 Å². The largest absolute Gasteiger partial charge is 0.478 e. The van der Waals surface area contributed by atoms with Crippen LogP contribution in [0.3, 0.4) is 0 Å². The minimum absolute atomic E-state index is 0.0829. The molecule has 1 heterocycles. The number of ether oxygens (including phenoxy) is 2. The van der Waals surface area contributed by atoms with E-state index in [-0.39, 0.29) is 11.1 Å². The highest BCUT2D eigenvalue weighted by Crippen LogP contribution is 2.32. The second-order valence-electron chi connectivity index (χ2n) is 6.28. The molecule has 138 valence electrons. The average Bonchev–Trinajstić information content (AvgIpc) is 2.60. The summed E-state index contributed by atoms with van der Waals surface area (Å²) < 4.78 is 10.1. The van der Waals surface area contributed by atoms with Gasteiger partial charge in [0.25, 0.3) is 5.79 Å². The fraction of sp³-hybridized carbons (Fsp3) is 0.150. The van der Waals surface area contributed by atoms with E-state index in [0.717, 1.165) is 6.20 Å². The van der Waals surface area contributed by atoms with Crippen molar-refractivity contribution in [2.75, 3.05) is 5.32 Å². The van der Waals surface area contributed by atoms with Gasteiger partial charge < -0.3 is 19.9 Å². The Morgan fingerprint density at radius 1 is 1.00 bits per heavy atom. The molecule has 2 N–H and O–H groups in total. The summed E-state index contributed by atoms with van der Waals surface area (Å²) in [6, 6.07) is 13.6. The molecule has 0 aromatic heterocycles. The standard InChI is InChI=1S/C20H17NO6/c1-20(2)26-18(24)14(19(25)27-20)11-21-15-10-6-9-13(17(22)23)16(15)12-7-4-3-5-8-12/h3-11,21H,1-2H3,(H,22,23). The molecule has 1 saturated heterocycles. The summed E-state index contributed by atoms with van der Waals surface area (Å²) in [4.78, 5) is 35.7. The molecule has 0 amide bonds. The van der Waals surface area contributed by atoms with Gasteiger partial charge in [-0.25, -0.2) is 14.4 Å². The molecule has 0 atom stereocenters. The second-order valence-corrected chi connectivity index (χ2v) is 6.28. The minimum atomic E-state index is -1.33. The maximum absolute atomic E-state index is 12.0. The fourth-order valence-electron chi connectivity index (χ4n) is 2.70. The van der Waals surface area contributed by atoms with Crippen molar-refractivity contribution in [1.29, 1.82) is 0 Å². The quantitative estimate of drug-likeness (QED) is 0.486. The van der Waals surface area contributed by atoms with Crippen LogP contribution in [0.2, 0.25) is 0 Å². The van der Waals surface area contributed by atoms with E-state index in [1.54, 1.807) is 36.4 Å². The molecule has 2 aromatic carbocycles. The Morgan fingerprint density at radius 2 is 1.63 bits per heavy atom. The topological polar surface area (TPSA) is 102 Å². The number of hydrogen-bond acceptors (Lipinski definition) is 6. The lowest BCUT2D eigenvalue weighted by Gasteiger charge is -2.29. The third-order valence-corrected chi connectivity index (χ3v) is 3.85. The number of anilines is 1. The lowest BCUT2D eigenvalue weighted by molar-refractivity contribution is -0.222. The number of cyclic esters (lactones) is 2. The predicted octanol–water partition coefficient (Wildman–Crippen LogP) is 3.18. The zero-order chi connectivity index (χ0) is 19.6. The Hall–Kier alpha value is -3.61. The molecule has 0 saturated carbocycles. The number of carbonyl (C=O) groups excluding carboxylic acids is 2. The number of hydrogen-bond donors (Lipinski definition) is 2. The van der Waals surface area contributed by atoms with Crippen molar-refractivity contribution in [3.05, 3.63) is 65.9 Å². The second kappa shape index (κ2) is 6.95. The zero-order valence-corrected chi connectivity index (χ0v) is 14.7. The minimum Gasteiger partial charge on any atom is -0.478 e. The third-order valence-electron chi connectivity index (χ3n) is 3.85. The highest BCUT2D eigenvalue weighted by molar-refractivity contribution is 6.15. The summed E-state index contributed by atoms with van der Waals surface area (Å²) in [7, 11) is 0. The number of rotatable bonds is 4. The van der Waals surface area contributed by atoms with E-state index in [1.807, 2.05) is 6.07 Å². The van der Waals surface area contributed by atoms with E-state index in [2.05, 4.69) is 5.32 Å². The van der Waals surface area contributed by atoms with Gasteiger partial charge in [-0.2, -0.15) is 0 Å². The number of nitrogens with one attached hydrogen (secondary N) is 1. The van der Waals surface area contributed by atoms with Crippen LogP contribution in [-0.2, 0) is 19.1 Å². The molecular weight excluding hydrogens is 350 g/mol. The molecule has 0 radical (unpaired) electrons. The maximum atomic E-state index is 12.0. The number of carbonyl (C=O) groups is 3. The van der Waals surface area contributed by atoms with Crippen molar-refractivity contribution in [3.8, 4) is 11.1 Å². The average molecular weight is 367 g/mol. The molecule has 3 rings (SSSR count). The number of carboxylic acids is 1. The van der Waals surface area contributed by atoms with Crippen molar-refractivity contribution < 1.29 is 29.0 Å². The highest BCUT2D eigenvalue weighted by atomic mass is 16.7. The van der Waals surface area contributed by atoms with E-state index in [9.17, 15) is 19.5 Å². The van der Waals surface area contributed by atoms with Gasteiger partial charge >= 0.3 is 17.9 Å². The van der Waals surface area contributed by atoms with Gasteiger partial charge in [0.15, 0.2) is 5.57 Å². The Balaban J connectivity index is 2.01. The van der Waals surface area contributed by atoms with Gasteiger partial charge in [-0.1, -0.05) is 36.4 Å². The number of benzene rings is 2. The summed E-state index contributed by atoms with van der Waals surface area (Å²) in [6.07, 6.45) is 1.16. The Labute approximate surface area is 155 Å². The molecule has 1 aliphatic rings. The first kappa shape index (κ1) is 18.2. The Kier molecular flexibility index (Phi) is 4.68. The van der Waals surface area contributed by atoms with Crippen molar-refractivity contribution in [2.45, 2.75) is 19.6 Å². The SMILES string of the molecule is CC1(C)OC(=O)C(=CNc2cccc(C(=O)O)c2-c2ccccc2)C(=O)O1. The monoisotopic (exact) mass is 367 g/mol. The van der Waals surface area contributed by atoms with Crippen LogP contribution < -0.4 is 5.32 Å². The molecule has 2 aromatic rings. The lowest BCUT2D eigenvalue weighted by atomic mass is 9.97. The van der Waals surface area contributed by atoms with Crippen LogP contribution in [-0.4, -0.2) is 28.8 Å². The van der Waals surface area contributed by atoms with Gasteiger partial charge in [0.05, 0.1) is 5.56 Å². The molecular formula is C20H17NO6. The molecule has 7 heteroatoms. The molecule has 0 spiro atoms. The van der Waals surface area contributed by atoms with E-state index in [1.165, 1.54) is 19.9 Å². The maximum Gasteiger partial charge on any atom is 0.350 e. The molecule has 0 aliphatic carbocycles. The molecule has 0 bridgehead atoms. The first-order valence-corrected chi connectivity index (χ1v) is 8.13. The molecule has 27 heavy (non-hydrogen) atoms. The lowest BCUT2D eigenvalue weighted by Crippen LogP contribution is -2.42. The summed E-state index contributed by atoms with van der Waals surface area (Å²) in [6.45, 7) is 2.91. The van der Waals surface area contributed by atoms with Crippen LogP contribution in [0.1, 0.15) is 24.2 Å². The van der Waals surface area contributed by atoms with Gasteiger partial charge in [0.2, 0.25) is 0 Å². The summed E-state index contributed by atoms with van der Waals surface area (Å²) >= 11 is 0. The van der Waals surface area contributed by atoms with Gasteiger partial charge in [0, 0.05) is 31.3 Å². The van der Waals surface area contributed by atoms with Crippen LogP contribution in [0.5, 0.6) is 0 Å². The van der Waals surface area contributed by atoms with Crippen LogP contribution in [0, 0.1) is 0 Å². The van der Waals surface area contributed by atoms with Crippen LogP contribution >= 0.6 is 0 Å². The molecule has 0 unspecified atom stereocenters. The molecule has 7 nitrogen and oxygen atoms in total. The van der Waals surface area contributed by atoms with Gasteiger partial charge in [0.1, 0.15) is 0 Å². The number of aromatic carboxylic acids is 1. The van der Waals surface area contributed by atoms with Crippen molar-refractivity contribution in [1.82, 2.24) is 0 Å². The Bertz CT molecular complexity index is 924. The van der Waals surface area contributed by atoms with Crippen LogP contribution in [0.25, 0.3) is 11.1 Å². The Morgan fingerprint density at radius 3 is 2.22 bits per heavy atom. The van der Waals surface area contributed by atoms with Gasteiger partial charge in [-0.05, 0) is 17.7 Å². The first-order chi connectivity index (χ1) is 12.8. The van der Waals surface area contributed by atoms with Crippen molar-refractivity contribution in [2.24, 2.45) is 0 Å². The number of esters is 2. The highest BCUT2D eigenvalue weighted by Gasteiger charge is 2.39. The van der Waals surface area contributed by atoms with E-state index in [0.29, 0.717) is 16.8 Å². The van der Waals surface area contributed by atoms with E-state index in [4.69, 9.17) is 9.47 Å². The fourth-order valence-corrected chi connectivity index (χ4v) is 2.70. The number of carboxylic acid groups (broad SMARTS) is 1. The summed E-state index contributed by atoms with van der Waals surface area (Å²) in [5, 5.41) is 12.4. The molecule has 1 fully saturated rings. The van der Waals surface area contributed by atoms with Gasteiger partial charge in [-0.3, -0.25) is 0 Å². The predicted molar refractivity (Wildman–Crippen MR) is 96.8 cm³/mol. The first-order valence-electron chi connectivity index (χ1n) is 8.13. The van der Waals surface area contributed by atoms with Crippen molar-refractivity contribution in [3.63, 3.8) is 0 Å². The van der Waals surface area contributed by atoms with E-state index >= 15 is 0 Å². The normalized spacial score (nSPS) is 15.6.